The van der Waals surface area contributed by atoms with Crippen LogP contribution in [0.3, 0.4) is 0 Å². The van der Waals surface area contributed by atoms with Crippen molar-refractivity contribution in [3.8, 4) is 10.4 Å². The maximum Gasteiger partial charge on any atom is 0.0494 e. The van der Waals surface area contributed by atoms with Crippen LogP contribution in [0.15, 0.2) is 53.2 Å². The predicted molar refractivity (Wildman–Crippen MR) is 95.5 cm³/mol. The van der Waals surface area contributed by atoms with Crippen LogP contribution in [0.2, 0.25) is 0 Å². The molecule has 3 aromatic rings. The summed E-state index contributed by atoms with van der Waals surface area (Å²) >= 11 is 3.62. The largest absolute Gasteiger partial charge is 0.380 e. The molecule has 21 heavy (non-hydrogen) atoms. The fourth-order valence-corrected chi connectivity index (χ4v) is 3.86. The minimum atomic E-state index is 0.568. The van der Waals surface area contributed by atoms with E-state index in [9.17, 15) is 0 Å². The highest BCUT2D eigenvalue weighted by Gasteiger charge is 2.04. The van der Waals surface area contributed by atoms with Gasteiger partial charge >= 0.3 is 0 Å². The molecule has 0 aliphatic heterocycles. The van der Waals surface area contributed by atoms with Gasteiger partial charge in [0.05, 0.1) is 0 Å². The smallest absolute Gasteiger partial charge is 0.0494 e. The quantitative estimate of drug-likeness (QED) is 0.590. The van der Waals surface area contributed by atoms with Crippen molar-refractivity contribution in [3.05, 3.63) is 63.7 Å². The molecule has 1 N–H and O–H groups in total. The van der Waals surface area contributed by atoms with Gasteiger partial charge in [-0.15, -0.1) is 22.7 Å². The van der Waals surface area contributed by atoms with E-state index in [4.69, 9.17) is 0 Å². The maximum absolute atomic E-state index is 3.53. The average molecular weight is 313 g/mol. The number of anilines is 1. The molecule has 108 valence electrons. The number of hydrogen-bond donors (Lipinski definition) is 1. The number of hydrogen-bond acceptors (Lipinski definition) is 3. The Morgan fingerprint density at radius 1 is 1.05 bits per heavy atom. The standard InChI is InChI=1S/C18H19NS2/c1-13(2)14-5-3-6-16(9-14)19-11-17-10-15(12-21-17)18-7-4-8-20-18/h3-10,12-13,19H,11H2,1-2H3. The Bertz CT molecular complexity index is 696. The van der Waals surface area contributed by atoms with Gasteiger partial charge in [0.15, 0.2) is 0 Å². The van der Waals surface area contributed by atoms with Crippen molar-refractivity contribution in [1.82, 2.24) is 0 Å². The van der Waals surface area contributed by atoms with Crippen LogP contribution in [-0.2, 0) is 6.54 Å². The summed E-state index contributed by atoms with van der Waals surface area (Å²) in [6.07, 6.45) is 0. The van der Waals surface area contributed by atoms with Gasteiger partial charge in [-0.2, -0.15) is 0 Å². The van der Waals surface area contributed by atoms with Gasteiger partial charge in [0.2, 0.25) is 0 Å². The van der Waals surface area contributed by atoms with Crippen LogP contribution < -0.4 is 5.32 Å². The molecular formula is C18H19NS2. The van der Waals surface area contributed by atoms with Gasteiger partial charge < -0.3 is 5.32 Å². The Morgan fingerprint density at radius 2 is 1.95 bits per heavy atom. The van der Waals surface area contributed by atoms with Crippen LogP contribution in [-0.4, -0.2) is 0 Å². The van der Waals surface area contributed by atoms with E-state index in [-0.39, 0.29) is 0 Å². The molecule has 0 unspecified atom stereocenters. The molecule has 3 rings (SSSR count). The Morgan fingerprint density at radius 3 is 2.71 bits per heavy atom. The van der Waals surface area contributed by atoms with Crippen LogP contribution in [0.4, 0.5) is 5.69 Å². The lowest BCUT2D eigenvalue weighted by Crippen LogP contribution is -1.98. The van der Waals surface area contributed by atoms with E-state index in [1.54, 1.807) is 11.3 Å². The van der Waals surface area contributed by atoms with E-state index in [0.717, 1.165) is 6.54 Å². The molecule has 0 saturated heterocycles. The minimum Gasteiger partial charge on any atom is -0.380 e. The van der Waals surface area contributed by atoms with Crippen molar-refractivity contribution in [1.29, 1.82) is 0 Å². The Balaban J connectivity index is 1.67. The van der Waals surface area contributed by atoms with Crippen LogP contribution in [0.1, 0.15) is 30.2 Å². The fourth-order valence-electron chi connectivity index (χ4n) is 2.24. The van der Waals surface area contributed by atoms with Crippen LogP contribution in [0.25, 0.3) is 10.4 Å². The lowest BCUT2D eigenvalue weighted by molar-refractivity contribution is 0.866. The van der Waals surface area contributed by atoms with E-state index in [1.807, 2.05) is 11.3 Å². The normalized spacial score (nSPS) is 11.0. The molecule has 0 atom stereocenters. The SMILES string of the molecule is CC(C)c1cccc(NCc2cc(-c3cccs3)cs2)c1. The summed E-state index contributed by atoms with van der Waals surface area (Å²) in [5.41, 5.74) is 3.92. The van der Waals surface area contributed by atoms with Gasteiger partial charge in [0.1, 0.15) is 0 Å². The first-order valence-corrected chi connectivity index (χ1v) is 8.93. The van der Waals surface area contributed by atoms with Crippen LogP contribution in [0.5, 0.6) is 0 Å². The molecule has 0 aliphatic rings. The first-order chi connectivity index (χ1) is 10.2. The molecule has 1 nitrogen and oxygen atoms in total. The molecule has 2 aromatic heterocycles. The van der Waals surface area contributed by atoms with E-state index in [0.29, 0.717) is 5.92 Å². The van der Waals surface area contributed by atoms with Crippen molar-refractivity contribution >= 4 is 28.4 Å². The second kappa shape index (κ2) is 6.46. The summed E-state index contributed by atoms with van der Waals surface area (Å²) in [5, 5.41) is 7.90. The van der Waals surface area contributed by atoms with E-state index in [2.05, 4.69) is 72.4 Å². The van der Waals surface area contributed by atoms with Crippen molar-refractivity contribution in [2.24, 2.45) is 0 Å². The van der Waals surface area contributed by atoms with Crippen molar-refractivity contribution in [2.45, 2.75) is 26.3 Å². The Kier molecular flexibility index (Phi) is 4.42. The summed E-state index contributed by atoms with van der Waals surface area (Å²) in [6, 6.07) is 15.3. The van der Waals surface area contributed by atoms with Gasteiger partial charge in [0, 0.05) is 27.5 Å². The molecule has 0 aliphatic carbocycles. The molecule has 3 heteroatoms. The number of rotatable bonds is 5. The molecule has 2 heterocycles. The zero-order chi connectivity index (χ0) is 14.7. The zero-order valence-corrected chi connectivity index (χ0v) is 13.9. The van der Waals surface area contributed by atoms with Gasteiger partial charge in [-0.05, 0) is 46.5 Å². The average Bonchev–Trinajstić information content (AvgIpc) is 3.16. The number of benzene rings is 1. The Hall–Kier alpha value is -1.58. The lowest BCUT2D eigenvalue weighted by Gasteiger charge is -2.09. The highest BCUT2D eigenvalue weighted by molar-refractivity contribution is 7.14. The van der Waals surface area contributed by atoms with Crippen LogP contribution in [0, 0.1) is 0 Å². The number of nitrogens with one attached hydrogen (secondary N) is 1. The maximum atomic E-state index is 3.53. The van der Waals surface area contributed by atoms with Gasteiger partial charge in [-0.1, -0.05) is 32.0 Å². The zero-order valence-electron chi connectivity index (χ0n) is 12.3. The highest BCUT2D eigenvalue weighted by Crippen LogP contribution is 2.29. The summed E-state index contributed by atoms with van der Waals surface area (Å²) in [4.78, 5) is 2.72. The minimum absolute atomic E-state index is 0.568. The van der Waals surface area contributed by atoms with Crippen molar-refractivity contribution in [3.63, 3.8) is 0 Å². The molecule has 1 aromatic carbocycles. The summed E-state index contributed by atoms with van der Waals surface area (Å²) in [7, 11) is 0. The molecule has 0 spiro atoms. The first-order valence-electron chi connectivity index (χ1n) is 7.17. The van der Waals surface area contributed by atoms with Crippen molar-refractivity contribution < 1.29 is 0 Å². The predicted octanol–water partition coefficient (Wildman–Crippen LogP) is 6.21. The first kappa shape index (κ1) is 14.4. The third-order valence-corrected chi connectivity index (χ3v) is 5.34. The molecular weight excluding hydrogens is 294 g/mol. The van der Waals surface area contributed by atoms with Gasteiger partial charge in [-0.3, -0.25) is 0 Å². The van der Waals surface area contributed by atoms with E-state index < -0.39 is 0 Å². The van der Waals surface area contributed by atoms with E-state index in [1.165, 1.54) is 26.6 Å². The molecule has 0 fully saturated rings. The molecule has 0 saturated carbocycles. The summed E-state index contributed by atoms with van der Waals surface area (Å²) in [5.74, 6) is 0.568. The molecule has 0 amide bonds. The second-order valence-corrected chi connectivity index (χ2v) is 7.36. The lowest BCUT2D eigenvalue weighted by atomic mass is 10.0. The molecule has 0 bridgehead atoms. The van der Waals surface area contributed by atoms with Gasteiger partial charge in [-0.25, -0.2) is 0 Å². The highest BCUT2D eigenvalue weighted by atomic mass is 32.1. The van der Waals surface area contributed by atoms with Crippen LogP contribution >= 0.6 is 22.7 Å². The monoisotopic (exact) mass is 313 g/mol. The van der Waals surface area contributed by atoms with Crippen molar-refractivity contribution in [2.75, 3.05) is 5.32 Å². The summed E-state index contributed by atoms with van der Waals surface area (Å²) in [6.45, 7) is 5.34. The third-order valence-electron chi connectivity index (χ3n) is 3.48. The summed E-state index contributed by atoms with van der Waals surface area (Å²) < 4.78 is 0. The number of thiophene rings is 2. The third kappa shape index (κ3) is 3.55. The Labute approximate surface area is 134 Å². The fraction of sp³-hybridized carbons (Fsp3) is 0.222. The topological polar surface area (TPSA) is 12.0 Å². The second-order valence-electron chi connectivity index (χ2n) is 5.41. The van der Waals surface area contributed by atoms with E-state index >= 15 is 0 Å². The molecule has 0 radical (unpaired) electrons. The van der Waals surface area contributed by atoms with Gasteiger partial charge in [0.25, 0.3) is 0 Å².